The number of likely N-dealkylation sites (tertiary alicyclic amines) is 1. The second-order valence-electron chi connectivity index (χ2n) is 5.75. The number of aryl methyl sites for hydroxylation is 1. The third kappa shape index (κ3) is 3.08. The highest BCUT2D eigenvalue weighted by molar-refractivity contribution is 5.83. The van der Waals surface area contributed by atoms with Gasteiger partial charge in [-0.3, -0.25) is 4.79 Å². The predicted molar refractivity (Wildman–Crippen MR) is 84.1 cm³/mol. The van der Waals surface area contributed by atoms with Gasteiger partial charge in [0, 0.05) is 13.0 Å². The van der Waals surface area contributed by atoms with Gasteiger partial charge in [-0.1, -0.05) is 42.5 Å². The molecule has 1 fully saturated rings. The molecule has 2 aromatic rings. The van der Waals surface area contributed by atoms with E-state index >= 15 is 0 Å². The predicted octanol–water partition coefficient (Wildman–Crippen LogP) is 2.76. The van der Waals surface area contributed by atoms with Crippen LogP contribution in [0.3, 0.4) is 0 Å². The molecule has 1 atom stereocenters. The fourth-order valence-corrected chi connectivity index (χ4v) is 3.14. The molecule has 1 saturated heterocycles. The van der Waals surface area contributed by atoms with Gasteiger partial charge in [0.05, 0.1) is 12.6 Å². The monoisotopic (exact) mass is 283 g/mol. The Morgan fingerprint density at radius 1 is 1.19 bits per heavy atom. The van der Waals surface area contributed by atoms with E-state index in [1.165, 1.54) is 16.3 Å². The Bertz CT molecular complexity index is 638. The van der Waals surface area contributed by atoms with Crippen molar-refractivity contribution in [1.82, 2.24) is 4.90 Å². The van der Waals surface area contributed by atoms with E-state index in [9.17, 15) is 9.90 Å². The van der Waals surface area contributed by atoms with E-state index in [0.717, 1.165) is 25.8 Å². The van der Waals surface area contributed by atoms with Gasteiger partial charge >= 0.3 is 0 Å². The highest BCUT2D eigenvalue weighted by Gasteiger charge is 2.27. The largest absolute Gasteiger partial charge is 0.394 e. The molecule has 3 heteroatoms. The van der Waals surface area contributed by atoms with Crippen LogP contribution >= 0.6 is 0 Å². The number of rotatable bonds is 4. The molecule has 3 nitrogen and oxygen atoms in total. The first-order valence-electron chi connectivity index (χ1n) is 7.66. The number of amides is 1. The zero-order valence-electron chi connectivity index (χ0n) is 12.2. The molecule has 0 radical (unpaired) electrons. The first kappa shape index (κ1) is 14.1. The average Bonchev–Trinajstić information content (AvgIpc) is 3.01. The molecule has 2 aromatic carbocycles. The van der Waals surface area contributed by atoms with E-state index in [4.69, 9.17) is 0 Å². The molecule has 0 unspecified atom stereocenters. The minimum absolute atomic E-state index is 0.0362. The van der Waals surface area contributed by atoms with Crippen molar-refractivity contribution in [3.8, 4) is 0 Å². The van der Waals surface area contributed by atoms with Gasteiger partial charge in [0.25, 0.3) is 0 Å². The number of aliphatic hydroxyl groups is 1. The smallest absolute Gasteiger partial charge is 0.223 e. The Labute approximate surface area is 125 Å². The van der Waals surface area contributed by atoms with Gasteiger partial charge in [-0.15, -0.1) is 0 Å². The van der Waals surface area contributed by atoms with Crippen molar-refractivity contribution in [3.63, 3.8) is 0 Å². The van der Waals surface area contributed by atoms with Crippen molar-refractivity contribution in [2.75, 3.05) is 13.2 Å². The second kappa shape index (κ2) is 6.27. The van der Waals surface area contributed by atoms with Crippen molar-refractivity contribution in [2.45, 2.75) is 31.7 Å². The second-order valence-corrected chi connectivity index (χ2v) is 5.75. The maximum absolute atomic E-state index is 12.3. The molecule has 1 heterocycles. The summed E-state index contributed by atoms with van der Waals surface area (Å²) < 4.78 is 0. The van der Waals surface area contributed by atoms with Crippen LogP contribution < -0.4 is 0 Å². The van der Waals surface area contributed by atoms with E-state index in [1.54, 1.807) is 0 Å². The van der Waals surface area contributed by atoms with Gasteiger partial charge in [0.1, 0.15) is 0 Å². The van der Waals surface area contributed by atoms with Crippen molar-refractivity contribution in [1.29, 1.82) is 0 Å². The minimum Gasteiger partial charge on any atom is -0.394 e. The summed E-state index contributed by atoms with van der Waals surface area (Å²) in [5.41, 5.74) is 1.20. The zero-order chi connectivity index (χ0) is 14.7. The normalized spacial score (nSPS) is 18.3. The number of hydrogen-bond acceptors (Lipinski definition) is 2. The Morgan fingerprint density at radius 3 is 2.81 bits per heavy atom. The molecular weight excluding hydrogens is 262 g/mol. The Balaban J connectivity index is 1.64. The van der Waals surface area contributed by atoms with Gasteiger partial charge in [0.2, 0.25) is 5.91 Å². The number of benzene rings is 2. The van der Waals surface area contributed by atoms with Gasteiger partial charge < -0.3 is 10.0 Å². The summed E-state index contributed by atoms with van der Waals surface area (Å²) in [6.45, 7) is 0.878. The molecule has 0 bridgehead atoms. The SMILES string of the molecule is O=C(CCc1ccc2ccccc2c1)N1CCC[C@@H]1CO. The van der Waals surface area contributed by atoms with Crippen LogP contribution in [0.4, 0.5) is 0 Å². The maximum Gasteiger partial charge on any atom is 0.223 e. The Hall–Kier alpha value is -1.87. The van der Waals surface area contributed by atoms with Crippen LogP contribution in [0.15, 0.2) is 42.5 Å². The van der Waals surface area contributed by atoms with Crippen LogP contribution in [0.25, 0.3) is 10.8 Å². The third-order valence-corrected chi connectivity index (χ3v) is 4.35. The van der Waals surface area contributed by atoms with Crippen LogP contribution in [-0.2, 0) is 11.2 Å². The molecule has 0 spiro atoms. The van der Waals surface area contributed by atoms with Gasteiger partial charge in [-0.05, 0) is 35.6 Å². The summed E-state index contributed by atoms with van der Waals surface area (Å²) in [6, 6.07) is 14.7. The van der Waals surface area contributed by atoms with Crippen molar-refractivity contribution in [3.05, 3.63) is 48.0 Å². The molecule has 21 heavy (non-hydrogen) atoms. The van der Waals surface area contributed by atoms with Crippen molar-refractivity contribution < 1.29 is 9.90 Å². The molecule has 1 amide bonds. The number of carbonyl (C=O) groups excluding carboxylic acids is 1. The van der Waals surface area contributed by atoms with Crippen LogP contribution in [0.2, 0.25) is 0 Å². The molecule has 1 aliphatic heterocycles. The molecule has 1 N–H and O–H groups in total. The molecular formula is C18H21NO2. The standard InChI is InChI=1S/C18H21NO2/c20-13-17-6-3-11-19(17)18(21)10-8-14-7-9-15-4-1-2-5-16(15)12-14/h1-2,4-5,7,9,12,17,20H,3,6,8,10-11,13H2/t17-/m1/s1. The summed E-state index contributed by atoms with van der Waals surface area (Å²) in [5, 5.41) is 11.7. The summed E-state index contributed by atoms with van der Waals surface area (Å²) in [7, 11) is 0. The van der Waals surface area contributed by atoms with Crippen molar-refractivity contribution in [2.24, 2.45) is 0 Å². The molecule has 3 rings (SSSR count). The van der Waals surface area contributed by atoms with E-state index in [0.29, 0.717) is 6.42 Å². The third-order valence-electron chi connectivity index (χ3n) is 4.35. The van der Waals surface area contributed by atoms with Crippen LogP contribution in [0.1, 0.15) is 24.8 Å². The fraction of sp³-hybridized carbons (Fsp3) is 0.389. The van der Waals surface area contributed by atoms with E-state index < -0.39 is 0 Å². The zero-order valence-corrected chi connectivity index (χ0v) is 12.2. The van der Waals surface area contributed by atoms with Crippen molar-refractivity contribution >= 4 is 16.7 Å². The summed E-state index contributed by atoms with van der Waals surface area (Å²) in [5.74, 6) is 0.166. The molecule has 1 aliphatic rings. The quantitative estimate of drug-likeness (QED) is 0.937. The summed E-state index contributed by atoms with van der Waals surface area (Å²) in [6.07, 6.45) is 3.22. The first-order chi connectivity index (χ1) is 10.3. The van der Waals surface area contributed by atoms with Gasteiger partial charge in [-0.2, -0.15) is 0 Å². The van der Waals surface area contributed by atoms with Gasteiger partial charge in [-0.25, -0.2) is 0 Å². The molecule has 0 saturated carbocycles. The Kier molecular flexibility index (Phi) is 4.20. The topological polar surface area (TPSA) is 40.5 Å². The summed E-state index contributed by atoms with van der Waals surface area (Å²) in [4.78, 5) is 14.1. The number of fused-ring (bicyclic) bond motifs is 1. The number of aliphatic hydroxyl groups excluding tert-OH is 1. The number of carbonyl (C=O) groups is 1. The minimum atomic E-state index is 0.0362. The lowest BCUT2D eigenvalue weighted by Gasteiger charge is -2.23. The lowest BCUT2D eigenvalue weighted by molar-refractivity contribution is -0.132. The van der Waals surface area contributed by atoms with E-state index in [-0.39, 0.29) is 18.6 Å². The maximum atomic E-state index is 12.3. The fourth-order valence-electron chi connectivity index (χ4n) is 3.14. The van der Waals surface area contributed by atoms with Crippen LogP contribution in [-0.4, -0.2) is 35.1 Å². The van der Waals surface area contributed by atoms with Crippen LogP contribution in [0, 0.1) is 0 Å². The molecule has 0 aliphatic carbocycles. The average molecular weight is 283 g/mol. The molecule has 0 aromatic heterocycles. The lowest BCUT2D eigenvalue weighted by Crippen LogP contribution is -2.37. The molecule has 110 valence electrons. The highest BCUT2D eigenvalue weighted by Crippen LogP contribution is 2.20. The van der Waals surface area contributed by atoms with E-state index in [2.05, 4.69) is 30.3 Å². The summed E-state index contributed by atoms with van der Waals surface area (Å²) >= 11 is 0. The first-order valence-corrected chi connectivity index (χ1v) is 7.66. The highest BCUT2D eigenvalue weighted by atomic mass is 16.3. The number of hydrogen-bond donors (Lipinski definition) is 1. The lowest BCUT2D eigenvalue weighted by atomic mass is 10.0. The number of nitrogens with zero attached hydrogens (tertiary/aromatic N) is 1. The van der Waals surface area contributed by atoms with Gasteiger partial charge in [0.15, 0.2) is 0 Å². The van der Waals surface area contributed by atoms with E-state index in [1.807, 2.05) is 17.0 Å². The van der Waals surface area contributed by atoms with Crippen LogP contribution in [0.5, 0.6) is 0 Å². The Morgan fingerprint density at radius 2 is 2.00 bits per heavy atom.